The van der Waals surface area contributed by atoms with Crippen molar-refractivity contribution >= 4 is 17.3 Å². The first-order valence-corrected chi connectivity index (χ1v) is 6.98. The molecule has 0 saturated heterocycles. The zero-order chi connectivity index (χ0) is 15.8. The highest BCUT2D eigenvalue weighted by molar-refractivity contribution is 5.93. The molecule has 1 rings (SSSR count). The van der Waals surface area contributed by atoms with Gasteiger partial charge in [0.15, 0.2) is 0 Å². The van der Waals surface area contributed by atoms with E-state index in [1.54, 1.807) is 7.11 Å². The summed E-state index contributed by atoms with van der Waals surface area (Å²) in [5.41, 5.74) is 6.32. The maximum absolute atomic E-state index is 12.9. The fourth-order valence-electron chi connectivity index (χ4n) is 1.94. The molecule has 0 radical (unpaired) electrons. The summed E-state index contributed by atoms with van der Waals surface area (Å²) in [7, 11) is 3.67. The lowest BCUT2D eigenvalue weighted by Gasteiger charge is -2.23. The van der Waals surface area contributed by atoms with Crippen LogP contribution in [0.2, 0.25) is 0 Å². The molecule has 0 fully saturated rings. The Bertz CT molecular complexity index is 468. The number of hydrogen-bond donors (Lipinski definition) is 2. The summed E-state index contributed by atoms with van der Waals surface area (Å²) >= 11 is 0. The molecule has 3 N–H and O–H groups in total. The number of halogens is 1. The van der Waals surface area contributed by atoms with Gasteiger partial charge in [0.25, 0.3) is 0 Å². The number of nitrogen functional groups attached to an aromatic ring is 1. The number of nitrogens with two attached hydrogens (primary N) is 1. The Morgan fingerprint density at radius 3 is 2.86 bits per heavy atom. The lowest BCUT2D eigenvalue weighted by atomic mass is 10.2. The van der Waals surface area contributed by atoms with E-state index in [2.05, 4.69) is 17.1 Å². The Balaban J connectivity index is 2.34. The molecular formula is C15H24FN3O2. The molecule has 0 bridgehead atoms. The normalized spacial score (nSPS) is 12.4. The van der Waals surface area contributed by atoms with Crippen molar-refractivity contribution in [3.05, 3.63) is 24.0 Å². The number of anilines is 2. The third-order valence-corrected chi connectivity index (χ3v) is 3.36. The van der Waals surface area contributed by atoms with Crippen LogP contribution < -0.4 is 11.1 Å². The van der Waals surface area contributed by atoms with Crippen LogP contribution in [0.1, 0.15) is 19.8 Å². The third-order valence-electron chi connectivity index (χ3n) is 3.36. The SMILES string of the molecule is COCC(C)N(C)CCCC(=O)Nc1ccc(F)cc1N. The second-order valence-corrected chi connectivity index (χ2v) is 5.17. The molecule has 1 aromatic rings. The smallest absolute Gasteiger partial charge is 0.224 e. The molecule has 0 heterocycles. The maximum Gasteiger partial charge on any atom is 0.224 e. The molecule has 1 atom stereocenters. The van der Waals surface area contributed by atoms with Gasteiger partial charge < -0.3 is 20.7 Å². The monoisotopic (exact) mass is 297 g/mol. The Hall–Kier alpha value is -1.66. The van der Waals surface area contributed by atoms with Gasteiger partial charge in [-0.05, 0) is 45.1 Å². The quantitative estimate of drug-likeness (QED) is 0.721. The van der Waals surface area contributed by atoms with E-state index in [4.69, 9.17) is 10.5 Å². The van der Waals surface area contributed by atoms with Crippen molar-refractivity contribution < 1.29 is 13.9 Å². The van der Waals surface area contributed by atoms with Gasteiger partial charge in [0, 0.05) is 19.6 Å². The summed E-state index contributed by atoms with van der Waals surface area (Å²) in [5.74, 6) is -0.541. The van der Waals surface area contributed by atoms with E-state index in [1.165, 1.54) is 18.2 Å². The highest BCUT2D eigenvalue weighted by atomic mass is 19.1. The molecule has 0 aliphatic heterocycles. The van der Waals surface area contributed by atoms with Crippen molar-refractivity contribution in [3.8, 4) is 0 Å². The fourth-order valence-corrected chi connectivity index (χ4v) is 1.94. The van der Waals surface area contributed by atoms with Crippen LogP contribution in [0.25, 0.3) is 0 Å². The van der Waals surface area contributed by atoms with Gasteiger partial charge in [-0.2, -0.15) is 0 Å². The summed E-state index contributed by atoms with van der Waals surface area (Å²) in [4.78, 5) is 14.0. The molecule has 6 heteroatoms. The number of carbonyl (C=O) groups excluding carboxylic acids is 1. The standard InChI is InChI=1S/C15H24FN3O2/c1-11(10-21-3)19(2)8-4-5-15(20)18-14-7-6-12(16)9-13(14)17/h6-7,9,11H,4-5,8,10,17H2,1-3H3,(H,18,20). The zero-order valence-electron chi connectivity index (χ0n) is 12.9. The second-order valence-electron chi connectivity index (χ2n) is 5.17. The number of nitrogens with zero attached hydrogens (tertiary/aromatic N) is 1. The molecule has 0 spiro atoms. The molecular weight excluding hydrogens is 273 g/mol. The summed E-state index contributed by atoms with van der Waals surface area (Å²) in [6.07, 6.45) is 1.12. The fraction of sp³-hybridized carbons (Fsp3) is 0.533. The highest BCUT2D eigenvalue weighted by Gasteiger charge is 2.10. The summed E-state index contributed by atoms with van der Waals surface area (Å²) in [6, 6.07) is 4.24. The van der Waals surface area contributed by atoms with E-state index in [1.807, 2.05) is 7.05 Å². The molecule has 21 heavy (non-hydrogen) atoms. The highest BCUT2D eigenvalue weighted by Crippen LogP contribution is 2.19. The lowest BCUT2D eigenvalue weighted by molar-refractivity contribution is -0.116. The van der Waals surface area contributed by atoms with E-state index in [0.717, 1.165) is 13.0 Å². The van der Waals surface area contributed by atoms with Gasteiger partial charge in [-0.25, -0.2) is 4.39 Å². The Morgan fingerprint density at radius 2 is 2.24 bits per heavy atom. The predicted molar refractivity (Wildman–Crippen MR) is 82.6 cm³/mol. The van der Waals surface area contributed by atoms with E-state index in [-0.39, 0.29) is 11.6 Å². The van der Waals surface area contributed by atoms with Crippen molar-refractivity contribution in [2.24, 2.45) is 0 Å². The van der Waals surface area contributed by atoms with Gasteiger partial charge in [0.1, 0.15) is 5.82 Å². The summed E-state index contributed by atoms with van der Waals surface area (Å²) < 4.78 is 18.0. The van der Waals surface area contributed by atoms with E-state index < -0.39 is 5.82 Å². The minimum atomic E-state index is -0.417. The van der Waals surface area contributed by atoms with Gasteiger partial charge in [0.05, 0.1) is 18.0 Å². The first-order valence-electron chi connectivity index (χ1n) is 6.98. The second kappa shape index (κ2) is 8.59. The minimum Gasteiger partial charge on any atom is -0.397 e. The number of likely N-dealkylation sites (N-methyl/N-ethyl adjacent to an activating group) is 1. The van der Waals surface area contributed by atoms with E-state index in [0.29, 0.717) is 24.8 Å². The molecule has 118 valence electrons. The molecule has 5 nitrogen and oxygen atoms in total. The first kappa shape index (κ1) is 17.4. The largest absolute Gasteiger partial charge is 0.397 e. The van der Waals surface area contributed by atoms with Gasteiger partial charge in [-0.3, -0.25) is 4.79 Å². The predicted octanol–water partition coefficient (Wildman–Crippen LogP) is 2.09. The molecule has 1 unspecified atom stereocenters. The van der Waals surface area contributed by atoms with Crippen molar-refractivity contribution in [2.45, 2.75) is 25.8 Å². The van der Waals surface area contributed by atoms with Crippen LogP contribution in [0.4, 0.5) is 15.8 Å². The maximum atomic E-state index is 12.9. The Morgan fingerprint density at radius 1 is 1.52 bits per heavy atom. The molecule has 0 aromatic heterocycles. The van der Waals surface area contributed by atoms with Crippen LogP contribution >= 0.6 is 0 Å². The summed E-state index contributed by atoms with van der Waals surface area (Å²) in [6.45, 7) is 3.54. The van der Waals surface area contributed by atoms with Crippen LogP contribution in [0, 0.1) is 5.82 Å². The Labute approximate surface area is 125 Å². The van der Waals surface area contributed by atoms with Crippen molar-refractivity contribution in [3.63, 3.8) is 0 Å². The third kappa shape index (κ3) is 6.10. The number of benzene rings is 1. The van der Waals surface area contributed by atoms with Gasteiger partial charge in [-0.15, -0.1) is 0 Å². The van der Waals surface area contributed by atoms with Gasteiger partial charge in [0.2, 0.25) is 5.91 Å². The Kier molecular flexibility index (Phi) is 7.11. The van der Waals surface area contributed by atoms with Crippen LogP contribution in [0.5, 0.6) is 0 Å². The molecule has 1 aromatic carbocycles. The average molecular weight is 297 g/mol. The van der Waals surface area contributed by atoms with Crippen LogP contribution in [0.3, 0.4) is 0 Å². The van der Waals surface area contributed by atoms with Crippen molar-refractivity contribution in [1.29, 1.82) is 0 Å². The average Bonchev–Trinajstić information content (AvgIpc) is 2.42. The number of hydrogen-bond acceptors (Lipinski definition) is 4. The van der Waals surface area contributed by atoms with Gasteiger partial charge in [-0.1, -0.05) is 0 Å². The molecule has 1 amide bonds. The number of nitrogens with one attached hydrogen (secondary N) is 1. The minimum absolute atomic E-state index is 0.124. The molecule has 0 aliphatic rings. The number of ether oxygens (including phenoxy) is 1. The van der Waals surface area contributed by atoms with Crippen LogP contribution in [0.15, 0.2) is 18.2 Å². The van der Waals surface area contributed by atoms with Crippen molar-refractivity contribution in [1.82, 2.24) is 4.90 Å². The summed E-state index contributed by atoms with van der Waals surface area (Å²) in [5, 5.41) is 2.69. The van der Waals surface area contributed by atoms with Crippen LogP contribution in [-0.4, -0.2) is 44.2 Å². The number of carbonyl (C=O) groups is 1. The molecule has 0 saturated carbocycles. The van der Waals surface area contributed by atoms with Crippen molar-refractivity contribution in [2.75, 3.05) is 38.4 Å². The van der Waals surface area contributed by atoms with E-state index >= 15 is 0 Å². The molecule has 0 aliphatic carbocycles. The zero-order valence-corrected chi connectivity index (χ0v) is 12.9. The van der Waals surface area contributed by atoms with E-state index in [9.17, 15) is 9.18 Å². The topological polar surface area (TPSA) is 67.6 Å². The number of methoxy groups -OCH3 is 1. The first-order chi connectivity index (χ1) is 9.93. The lowest BCUT2D eigenvalue weighted by Crippen LogP contribution is -2.33. The number of rotatable bonds is 8. The van der Waals surface area contributed by atoms with Crippen LogP contribution in [-0.2, 0) is 9.53 Å². The number of amides is 1. The van der Waals surface area contributed by atoms with Gasteiger partial charge >= 0.3 is 0 Å².